The Balaban J connectivity index is 1.41. The van der Waals surface area contributed by atoms with Crippen molar-refractivity contribution in [3.63, 3.8) is 0 Å². The summed E-state index contributed by atoms with van der Waals surface area (Å²) in [5.74, 6) is -0.391. The van der Waals surface area contributed by atoms with Crippen LogP contribution in [-0.4, -0.2) is 64.1 Å². The largest absolute Gasteiger partial charge is 0.355 e. The molecule has 3 aromatic carbocycles. The minimum absolute atomic E-state index is 0.166. The molecular weight excluding hydrogens is 558 g/mol. The predicted octanol–water partition coefficient (Wildman–Crippen LogP) is 3.99. The molecule has 0 radical (unpaired) electrons. The molecule has 3 aromatic rings. The van der Waals surface area contributed by atoms with Gasteiger partial charge in [0.2, 0.25) is 26.0 Å². The van der Waals surface area contributed by atoms with Crippen LogP contribution in [0, 0.1) is 20.8 Å². The van der Waals surface area contributed by atoms with Gasteiger partial charge in [-0.1, -0.05) is 60.2 Å². The SMILES string of the molecule is Cc1cc(C)c(S(=O)(=O)N(CCc2ccccc2)CC(=O)NCCc2ccc(S(=O)(=O)N3CCCC3)cc2)c(C)c1. The highest BCUT2D eigenvalue weighted by Gasteiger charge is 2.30. The Hall–Kier alpha value is -3.05. The second-order valence-corrected chi connectivity index (χ2v) is 14.5. The number of hydrogen-bond acceptors (Lipinski definition) is 5. The van der Waals surface area contributed by atoms with Gasteiger partial charge in [-0.05, 0) is 80.8 Å². The fraction of sp³-hybridized carbons (Fsp3) is 0.387. The number of carbonyl (C=O) groups excluding carboxylic acids is 1. The Bertz CT molecular complexity index is 1540. The predicted molar refractivity (Wildman–Crippen MR) is 161 cm³/mol. The van der Waals surface area contributed by atoms with E-state index < -0.39 is 26.0 Å². The number of amides is 1. The van der Waals surface area contributed by atoms with Gasteiger partial charge in [-0.25, -0.2) is 16.8 Å². The van der Waals surface area contributed by atoms with Gasteiger partial charge in [0, 0.05) is 26.2 Å². The van der Waals surface area contributed by atoms with Crippen LogP contribution >= 0.6 is 0 Å². The lowest BCUT2D eigenvalue weighted by atomic mass is 10.1. The summed E-state index contributed by atoms with van der Waals surface area (Å²) < 4.78 is 56.0. The van der Waals surface area contributed by atoms with Crippen molar-refractivity contribution in [1.29, 1.82) is 0 Å². The minimum atomic E-state index is -3.94. The topological polar surface area (TPSA) is 104 Å². The molecule has 0 atom stereocenters. The normalized spacial score (nSPS) is 14.4. The summed E-state index contributed by atoms with van der Waals surface area (Å²) in [7, 11) is -7.41. The molecule has 1 aliphatic heterocycles. The molecule has 0 aliphatic carbocycles. The van der Waals surface area contributed by atoms with Crippen LogP contribution < -0.4 is 5.32 Å². The molecule has 220 valence electrons. The fourth-order valence-corrected chi connectivity index (χ4v) is 8.68. The molecule has 1 fully saturated rings. The maximum absolute atomic E-state index is 13.8. The number of hydrogen-bond donors (Lipinski definition) is 1. The third-order valence-electron chi connectivity index (χ3n) is 7.38. The molecule has 0 aromatic heterocycles. The first-order valence-electron chi connectivity index (χ1n) is 14.0. The van der Waals surface area contributed by atoms with E-state index >= 15 is 0 Å². The van der Waals surface area contributed by atoms with Crippen molar-refractivity contribution < 1.29 is 21.6 Å². The van der Waals surface area contributed by atoms with Crippen LogP contribution in [0.3, 0.4) is 0 Å². The van der Waals surface area contributed by atoms with Gasteiger partial charge < -0.3 is 5.32 Å². The number of nitrogens with zero attached hydrogens (tertiary/aromatic N) is 2. The summed E-state index contributed by atoms with van der Waals surface area (Å²) >= 11 is 0. The van der Waals surface area contributed by atoms with E-state index in [9.17, 15) is 21.6 Å². The highest BCUT2D eigenvalue weighted by atomic mass is 32.2. The van der Waals surface area contributed by atoms with Crippen molar-refractivity contribution in [1.82, 2.24) is 13.9 Å². The van der Waals surface area contributed by atoms with Gasteiger partial charge in [-0.2, -0.15) is 8.61 Å². The first-order chi connectivity index (χ1) is 19.5. The van der Waals surface area contributed by atoms with Crippen molar-refractivity contribution >= 4 is 26.0 Å². The van der Waals surface area contributed by atoms with Crippen LogP contribution in [0.4, 0.5) is 0 Å². The molecule has 0 bridgehead atoms. The van der Waals surface area contributed by atoms with E-state index in [1.54, 1.807) is 38.1 Å². The molecule has 1 heterocycles. The van der Waals surface area contributed by atoms with Gasteiger partial charge in [0.1, 0.15) is 0 Å². The Morgan fingerprint density at radius 3 is 2.02 bits per heavy atom. The molecule has 41 heavy (non-hydrogen) atoms. The zero-order chi connectivity index (χ0) is 29.6. The summed E-state index contributed by atoms with van der Waals surface area (Å²) in [6.07, 6.45) is 2.73. The number of aryl methyl sites for hydroxylation is 3. The second kappa shape index (κ2) is 13.3. The molecule has 10 heteroatoms. The molecule has 0 unspecified atom stereocenters. The molecule has 8 nitrogen and oxygen atoms in total. The van der Waals surface area contributed by atoms with Crippen molar-refractivity contribution in [2.24, 2.45) is 0 Å². The lowest BCUT2D eigenvalue weighted by Gasteiger charge is -2.24. The van der Waals surface area contributed by atoms with Crippen molar-refractivity contribution in [2.45, 2.75) is 56.2 Å². The van der Waals surface area contributed by atoms with Gasteiger partial charge in [0.05, 0.1) is 16.3 Å². The summed E-state index contributed by atoms with van der Waals surface area (Å²) in [5.41, 5.74) is 4.16. The number of nitrogens with one attached hydrogen (secondary N) is 1. The van der Waals surface area contributed by atoms with E-state index in [0.29, 0.717) is 43.6 Å². The Kier molecular flexibility index (Phi) is 10.0. The molecule has 0 spiro atoms. The van der Waals surface area contributed by atoms with Crippen molar-refractivity contribution in [3.05, 3.63) is 94.5 Å². The Morgan fingerprint density at radius 2 is 1.41 bits per heavy atom. The van der Waals surface area contributed by atoms with Gasteiger partial charge in [0.15, 0.2) is 0 Å². The van der Waals surface area contributed by atoms with Crippen LogP contribution in [-0.2, 0) is 37.7 Å². The molecule has 1 amide bonds. The monoisotopic (exact) mass is 597 g/mol. The van der Waals surface area contributed by atoms with Gasteiger partial charge in [-0.3, -0.25) is 4.79 Å². The lowest BCUT2D eigenvalue weighted by Crippen LogP contribution is -2.42. The fourth-order valence-electron chi connectivity index (χ4n) is 5.35. The molecule has 1 aliphatic rings. The number of benzene rings is 3. The van der Waals surface area contributed by atoms with E-state index in [4.69, 9.17) is 0 Å². The van der Waals surface area contributed by atoms with Gasteiger partial charge in [0.25, 0.3) is 0 Å². The van der Waals surface area contributed by atoms with Gasteiger partial charge >= 0.3 is 0 Å². The third-order valence-corrected chi connectivity index (χ3v) is 11.4. The second-order valence-electron chi connectivity index (χ2n) is 10.7. The lowest BCUT2D eigenvalue weighted by molar-refractivity contribution is -0.121. The highest BCUT2D eigenvalue weighted by molar-refractivity contribution is 7.89. The van der Waals surface area contributed by atoms with Crippen LogP contribution in [0.2, 0.25) is 0 Å². The number of sulfonamides is 2. The summed E-state index contributed by atoms with van der Waals surface area (Å²) in [6, 6.07) is 20.0. The molecular formula is C31H39N3O5S2. The van der Waals surface area contributed by atoms with E-state index in [0.717, 1.165) is 29.5 Å². The molecule has 1 saturated heterocycles. The van der Waals surface area contributed by atoms with E-state index in [1.165, 1.54) is 8.61 Å². The van der Waals surface area contributed by atoms with Crippen molar-refractivity contribution in [2.75, 3.05) is 32.7 Å². The number of carbonyl (C=O) groups is 1. The maximum atomic E-state index is 13.8. The molecule has 0 saturated carbocycles. The van der Waals surface area contributed by atoms with Crippen LogP contribution in [0.1, 0.15) is 40.7 Å². The average Bonchev–Trinajstić information content (AvgIpc) is 3.47. The zero-order valence-electron chi connectivity index (χ0n) is 24.0. The van der Waals surface area contributed by atoms with Crippen molar-refractivity contribution in [3.8, 4) is 0 Å². The first-order valence-corrected chi connectivity index (χ1v) is 16.8. The van der Waals surface area contributed by atoms with E-state index in [1.807, 2.05) is 49.4 Å². The third kappa shape index (κ3) is 7.62. The maximum Gasteiger partial charge on any atom is 0.244 e. The molecule has 1 N–H and O–H groups in total. The summed E-state index contributed by atoms with van der Waals surface area (Å²) in [6.45, 7) is 6.76. The summed E-state index contributed by atoms with van der Waals surface area (Å²) in [4.78, 5) is 13.5. The number of rotatable bonds is 12. The highest BCUT2D eigenvalue weighted by Crippen LogP contribution is 2.26. The Labute approximate surface area is 244 Å². The quantitative estimate of drug-likeness (QED) is 0.340. The van der Waals surface area contributed by atoms with E-state index in [2.05, 4.69) is 5.32 Å². The standard InChI is InChI=1S/C31H39N3O5S2/c1-24-21-25(2)31(26(3)22-24)41(38,39)34(20-16-27-9-5-4-6-10-27)23-30(35)32-17-15-28-11-13-29(14-12-28)40(36,37)33-18-7-8-19-33/h4-6,9-14,21-22H,7-8,15-20,23H2,1-3H3,(H,32,35). The van der Waals surface area contributed by atoms with Crippen LogP contribution in [0.25, 0.3) is 0 Å². The molecule has 4 rings (SSSR count). The summed E-state index contributed by atoms with van der Waals surface area (Å²) in [5, 5.41) is 2.84. The minimum Gasteiger partial charge on any atom is -0.355 e. The average molecular weight is 598 g/mol. The Morgan fingerprint density at radius 1 is 0.829 bits per heavy atom. The smallest absolute Gasteiger partial charge is 0.244 e. The zero-order valence-corrected chi connectivity index (χ0v) is 25.6. The van der Waals surface area contributed by atoms with E-state index in [-0.39, 0.29) is 22.9 Å². The van der Waals surface area contributed by atoms with Crippen LogP contribution in [0.5, 0.6) is 0 Å². The van der Waals surface area contributed by atoms with Crippen LogP contribution in [0.15, 0.2) is 76.5 Å². The van der Waals surface area contributed by atoms with Gasteiger partial charge in [-0.15, -0.1) is 0 Å². The first kappa shape index (κ1) is 30.9.